The molecular formula is C11H21NO3. The average Bonchev–Trinajstić information content (AvgIpc) is 3.05. The van der Waals surface area contributed by atoms with Crippen molar-refractivity contribution in [3.05, 3.63) is 0 Å². The van der Waals surface area contributed by atoms with Crippen LogP contribution < -0.4 is 5.32 Å². The first-order chi connectivity index (χ1) is 7.02. The molecule has 4 nitrogen and oxygen atoms in total. The molecule has 4 heteroatoms. The summed E-state index contributed by atoms with van der Waals surface area (Å²) in [7, 11) is 1.54. The molecule has 88 valence electrons. The largest absolute Gasteiger partial charge is 0.396 e. The number of methoxy groups -OCH3 is 1. The van der Waals surface area contributed by atoms with E-state index in [0.29, 0.717) is 13.0 Å². The van der Waals surface area contributed by atoms with Crippen LogP contribution in [0.3, 0.4) is 0 Å². The lowest BCUT2D eigenvalue weighted by Gasteiger charge is -2.26. The van der Waals surface area contributed by atoms with E-state index in [-0.39, 0.29) is 17.9 Å². The smallest absolute Gasteiger partial charge is 0.251 e. The number of amides is 1. The van der Waals surface area contributed by atoms with Crippen LogP contribution in [-0.2, 0) is 9.53 Å². The molecule has 1 fully saturated rings. The minimum absolute atomic E-state index is 0.0436. The van der Waals surface area contributed by atoms with Crippen LogP contribution in [0.15, 0.2) is 0 Å². The lowest BCUT2D eigenvalue weighted by molar-refractivity contribution is -0.142. The maximum absolute atomic E-state index is 11.8. The minimum Gasteiger partial charge on any atom is -0.396 e. The molecule has 15 heavy (non-hydrogen) atoms. The highest BCUT2D eigenvalue weighted by molar-refractivity contribution is 5.84. The second kappa shape index (κ2) is 4.49. The Bertz CT molecular complexity index is 232. The molecule has 0 saturated heterocycles. The van der Waals surface area contributed by atoms with Crippen LogP contribution in [0.4, 0.5) is 0 Å². The van der Waals surface area contributed by atoms with Crippen molar-refractivity contribution in [2.45, 2.75) is 38.7 Å². The summed E-state index contributed by atoms with van der Waals surface area (Å²) in [6.45, 7) is 4.41. The molecule has 1 aliphatic rings. The Labute approximate surface area is 91.0 Å². The Hall–Kier alpha value is -0.610. The zero-order chi connectivity index (χ0) is 11.5. The van der Waals surface area contributed by atoms with Gasteiger partial charge >= 0.3 is 0 Å². The summed E-state index contributed by atoms with van der Waals surface area (Å²) in [6.07, 6.45) is 2.64. The van der Waals surface area contributed by atoms with Crippen molar-refractivity contribution in [3.8, 4) is 0 Å². The molecule has 1 aliphatic carbocycles. The van der Waals surface area contributed by atoms with Gasteiger partial charge in [-0.15, -0.1) is 0 Å². The first kappa shape index (κ1) is 12.5. The van der Waals surface area contributed by atoms with Gasteiger partial charge in [0, 0.05) is 19.1 Å². The van der Waals surface area contributed by atoms with Gasteiger partial charge in [0.1, 0.15) is 5.60 Å². The predicted octanol–water partition coefficient (Wildman–Crippen LogP) is 0.690. The van der Waals surface area contributed by atoms with Gasteiger partial charge in [0.25, 0.3) is 5.91 Å². The van der Waals surface area contributed by atoms with Gasteiger partial charge in [-0.3, -0.25) is 4.79 Å². The maximum atomic E-state index is 11.8. The van der Waals surface area contributed by atoms with Crippen LogP contribution in [0.25, 0.3) is 0 Å². The number of aliphatic hydroxyl groups is 1. The van der Waals surface area contributed by atoms with Crippen molar-refractivity contribution in [2.75, 3.05) is 20.3 Å². The van der Waals surface area contributed by atoms with Crippen molar-refractivity contribution in [2.24, 2.45) is 5.41 Å². The van der Waals surface area contributed by atoms with Gasteiger partial charge in [0.15, 0.2) is 0 Å². The third-order valence-corrected chi connectivity index (χ3v) is 3.52. The van der Waals surface area contributed by atoms with E-state index in [1.807, 2.05) is 6.92 Å². The van der Waals surface area contributed by atoms with Gasteiger partial charge in [-0.2, -0.15) is 0 Å². The summed E-state index contributed by atoms with van der Waals surface area (Å²) < 4.78 is 5.19. The average molecular weight is 215 g/mol. The zero-order valence-corrected chi connectivity index (χ0v) is 9.80. The topological polar surface area (TPSA) is 58.6 Å². The van der Waals surface area contributed by atoms with Crippen molar-refractivity contribution < 1.29 is 14.6 Å². The Morgan fingerprint density at radius 1 is 1.60 bits per heavy atom. The number of carbonyl (C=O) groups excluding carboxylic acids is 1. The highest BCUT2D eigenvalue weighted by Crippen LogP contribution is 2.44. The van der Waals surface area contributed by atoms with Crippen LogP contribution in [0.1, 0.15) is 33.1 Å². The Morgan fingerprint density at radius 2 is 2.20 bits per heavy atom. The molecule has 2 N–H and O–H groups in total. The molecule has 0 radical (unpaired) electrons. The monoisotopic (exact) mass is 215 g/mol. The van der Waals surface area contributed by atoms with Gasteiger partial charge < -0.3 is 15.2 Å². The number of nitrogens with one attached hydrogen (secondary N) is 1. The molecule has 0 heterocycles. The standard InChI is InChI=1S/C11H21NO3/c1-4-10(2,15-3)9(14)12-7-11(8-13)5-6-11/h13H,4-8H2,1-3H3,(H,12,14). The first-order valence-electron chi connectivity index (χ1n) is 5.46. The molecule has 1 saturated carbocycles. The maximum Gasteiger partial charge on any atom is 0.251 e. The van der Waals surface area contributed by atoms with Crippen LogP contribution >= 0.6 is 0 Å². The Morgan fingerprint density at radius 3 is 2.53 bits per heavy atom. The number of ether oxygens (including phenoxy) is 1. The van der Waals surface area contributed by atoms with E-state index in [0.717, 1.165) is 12.8 Å². The van der Waals surface area contributed by atoms with Crippen molar-refractivity contribution in [3.63, 3.8) is 0 Å². The van der Waals surface area contributed by atoms with Crippen molar-refractivity contribution in [1.29, 1.82) is 0 Å². The van der Waals surface area contributed by atoms with Gasteiger partial charge in [0.05, 0.1) is 6.61 Å². The molecular weight excluding hydrogens is 194 g/mol. The quantitative estimate of drug-likeness (QED) is 0.685. The molecule has 1 rings (SSSR count). The predicted molar refractivity (Wildman–Crippen MR) is 57.5 cm³/mol. The number of rotatable bonds is 6. The Kier molecular flexibility index (Phi) is 3.73. The normalized spacial score (nSPS) is 21.9. The molecule has 1 atom stereocenters. The Balaban J connectivity index is 2.41. The van der Waals surface area contributed by atoms with Crippen LogP contribution in [0.2, 0.25) is 0 Å². The summed E-state index contributed by atoms with van der Waals surface area (Å²) >= 11 is 0. The third kappa shape index (κ3) is 2.69. The molecule has 1 unspecified atom stereocenters. The first-order valence-corrected chi connectivity index (χ1v) is 5.46. The van der Waals surface area contributed by atoms with Crippen molar-refractivity contribution in [1.82, 2.24) is 5.32 Å². The van der Waals surface area contributed by atoms with Crippen LogP contribution in [0.5, 0.6) is 0 Å². The molecule has 0 aromatic heterocycles. The highest BCUT2D eigenvalue weighted by Gasteiger charge is 2.43. The molecule has 0 aromatic rings. The van der Waals surface area contributed by atoms with Crippen molar-refractivity contribution >= 4 is 5.91 Å². The van der Waals surface area contributed by atoms with E-state index in [4.69, 9.17) is 9.84 Å². The van der Waals surface area contributed by atoms with E-state index in [1.165, 1.54) is 0 Å². The van der Waals surface area contributed by atoms with Gasteiger partial charge in [-0.05, 0) is 26.2 Å². The van der Waals surface area contributed by atoms with E-state index in [1.54, 1.807) is 14.0 Å². The second-order valence-electron chi connectivity index (χ2n) is 4.63. The van der Waals surface area contributed by atoms with Crippen LogP contribution in [0, 0.1) is 5.41 Å². The number of hydrogen-bond acceptors (Lipinski definition) is 3. The second-order valence-corrected chi connectivity index (χ2v) is 4.63. The molecule has 0 bridgehead atoms. The number of hydrogen-bond donors (Lipinski definition) is 2. The van der Waals surface area contributed by atoms with E-state index < -0.39 is 5.60 Å². The number of carbonyl (C=O) groups is 1. The summed E-state index contributed by atoms with van der Waals surface area (Å²) in [5.41, 5.74) is -0.788. The minimum atomic E-state index is -0.745. The van der Waals surface area contributed by atoms with Crippen LogP contribution in [-0.4, -0.2) is 36.9 Å². The summed E-state index contributed by atoms with van der Waals surface area (Å²) in [6, 6.07) is 0. The van der Waals surface area contributed by atoms with E-state index in [2.05, 4.69) is 5.32 Å². The zero-order valence-electron chi connectivity index (χ0n) is 9.80. The molecule has 1 amide bonds. The summed E-state index contributed by atoms with van der Waals surface area (Å²) in [5, 5.41) is 12.0. The fourth-order valence-corrected chi connectivity index (χ4v) is 1.42. The third-order valence-electron chi connectivity index (χ3n) is 3.52. The lowest BCUT2D eigenvalue weighted by atomic mass is 10.0. The fraction of sp³-hybridized carbons (Fsp3) is 0.909. The van der Waals surface area contributed by atoms with E-state index >= 15 is 0 Å². The molecule has 0 aromatic carbocycles. The lowest BCUT2D eigenvalue weighted by Crippen LogP contribution is -2.47. The highest BCUT2D eigenvalue weighted by atomic mass is 16.5. The van der Waals surface area contributed by atoms with E-state index in [9.17, 15) is 4.79 Å². The van der Waals surface area contributed by atoms with Gasteiger partial charge in [0.2, 0.25) is 0 Å². The molecule has 0 aliphatic heterocycles. The summed E-state index contributed by atoms with van der Waals surface area (Å²) in [4.78, 5) is 11.8. The number of aliphatic hydroxyl groups excluding tert-OH is 1. The fourth-order valence-electron chi connectivity index (χ4n) is 1.42. The summed E-state index contributed by atoms with van der Waals surface area (Å²) in [5.74, 6) is -0.0905. The SMILES string of the molecule is CCC(C)(OC)C(=O)NCC1(CO)CC1. The van der Waals surface area contributed by atoms with Gasteiger partial charge in [-0.1, -0.05) is 6.92 Å². The molecule has 0 spiro atoms. The van der Waals surface area contributed by atoms with Gasteiger partial charge in [-0.25, -0.2) is 0 Å².